The molecule has 0 radical (unpaired) electrons. The van der Waals surface area contributed by atoms with Crippen LogP contribution in [0.3, 0.4) is 0 Å². The quantitative estimate of drug-likeness (QED) is 0.223. The maximum atomic E-state index is 12.5. The minimum atomic E-state index is 0.244. The SMILES string of the molecule is CN(C)CCCCNc1nc(-c2ccccc2)cn2c(-c3ccc(C(=O)CC4CC4)cc3)cnc12. The first-order valence-electron chi connectivity index (χ1n) is 12.5. The van der Waals surface area contributed by atoms with E-state index in [-0.39, 0.29) is 5.78 Å². The van der Waals surface area contributed by atoms with Crippen LogP contribution < -0.4 is 5.32 Å². The lowest BCUT2D eigenvalue weighted by Gasteiger charge is -2.12. The van der Waals surface area contributed by atoms with Gasteiger partial charge in [-0.15, -0.1) is 0 Å². The van der Waals surface area contributed by atoms with Gasteiger partial charge in [-0.05, 0) is 52.2 Å². The van der Waals surface area contributed by atoms with Gasteiger partial charge in [-0.25, -0.2) is 9.97 Å². The predicted octanol–water partition coefficient (Wildman–Crippen LogP) is 5.80. The predicted molar refractivity (Wildman–Crippen MR) is 142 cm³/mol. The van der Waals surface area contributed by atoms with Crippen molar-refractivity contribution in [3.63, 3.8) is 0 Å². The maximum absolute atomic E-state index is 12.5. The highest BCUT2D eigenvalue weighted by molar-refractivity contribution is 5.96. The third-order valence-corrected chi connectivity index (χ3v) is 6.56. The second-order valence-electron chi connectivity index (χ2n) is 9.76. The van der Waals surface area contributed by atoms with Gasteiger partial charge in [0.2, 0.25) is 0 Å². The van der Waals surface area contributed by atoms with Crippen molar-refractivity contribution >= 4 is 17.2 Å². The third kappa shape index (κ3) is 5.60. The van der Waals surface area contributed by atoms with Gasteiger partial charge in [-0.2, -0.15) is 0 Å². The van der Waals surface area contributed by atoms with Gasteiger partial charge < -0.3 is 10.2 Å². The number of hydrogen-bond acceptors (Lipinski definition) is 5. The van der Waals surface area contributed by atoms with Crippen molar-refractivity contribution in [1.82, 2.24) is 19.3 Å². The number of ketones is 1. The topological polar surface area (TPSA) is 62.5 Å². The van der Waals surface area contributed by atoms with Crippen LogP contribution in [-0.2, 0) is 0 Å². The number of unbranched alkanes of at least 4 members (excludes halogenated alkanes) is 1. The molecule has 4 aromatic rings. The lowest BCUT2D eigenvalue weighted by Crippen LogP contribution is -2.14. The lowest BCUT2D eigenvalue weighted by atomic mass is 10.0. The summed E-state index contributed by atoms with van der Waals surface area (Å²) in [5.41, 5.74) is 5.57. The van der Waals surface area contributed by atoms with E-state index >= 15 is 0 Å². The first-order chi connectivity index (χ1) is 17.1. The van der Waals surface area contributed by atoms with E-state index in [0.717, 1.165) is 65.5 Å². The van der Waals surface area contributed by atoms with Crippen LogP contribution in [0.5, 0.6) is 0 Å². The number of hydrogen-bond donors (Lipinski definition) is 1. The van der Waals surface area contributed by atoms with E-state index in [1.54, 1.807) is 0 Å². The van der Waals surface area contributed by atoms with E-state index in [9.17, 15) is 4.79 Å². The van der Waals surface area contributed by atoms with E-state index < -0.39 is 0 Å². The van der Waals surface area contributed by atoms with E-state index in [1.165, 1.54) is 12.8 Å². The molecule has 0 aliphatic heterocycles. The fraction of sp³-hybridized carbons (Fsp3) is 0.345. The van der Waals surface area contributed by atoms with Crippen molar-refractivity contribution in [2.24, 2.45) is 5.92 Å². The summed E-state index contributed by atoms with van der Waals surface area (Å²) in [5.74, 6) is 1.63. The van der Waals surface area contributed by atoms with E-state index in [0.29, 0.717) is 12.3 Å². The van der Waals surface area contributed by atoms with Crippen LogP contribution in [-0.4, -0.2) is 52.2 Å². The summed E-state index contributed by atoms with van der Waals surface area (Å²) >= 11 is 0. The molecule has 2 aromatic heterocycles. The smallest absolute Gasteiger partial charge is 0.180 e. The Balaban J connectivity index is 1.45. The molecule has 0 amide bonds. The van der Waals surface area contributed by atoms with Gasteiger partial charge in [0, 0.05) is 35.9 Å². The van der Waals surface area contributed by atoms with Crippen LogP contribution in [0.25, 0.3) is 28.2 Å². The number of carbonyl (C=O) groups excluding carboxylic acids is 1. The summed E-state index contributed by atoms with van der Waals surface area (Å²) in [6.07, 6.45) is 9.18. The molecule has 5 rings (SSSR count). The number of Topliss-reactive ketones (excluding diaryl/α,β-unsaturated/α-hetero) is 1. The Bertz CT molecular complexity index is 1290. The molecular weight excluding hydrogens is 434 g/mol. The van der Waals surface area contributed by atoms with Crippen LogP contribution in [0.2, 0.25) is 0 Å². The number of nitrogens with one attached hydrogen (secondary N) is 1. The monoisotopic (exact) mass is 467 g/mol. The average molecular weight is 468 g/mol. The number of aromatic nitrogens is 3. The standard InChI is InChI=1S/C29H33N5O/c1-33(2)17-7-6-16-30-28-29-31-19-26(34(29)20-25(32-28)22-8-4-3-5-9-22)23-12-14-24(15-13-23)27(35)18-21-10-11-21/h3-5,8-9,12-15,19-21H,6-7,10-11,16-18H2,1-2H3,(H,30,32). The zero-order valence-corrected chi connectivity index (χ0v) is 20.6. The summed E-state index contributed by atoms with van der Waals surface area (Å²) in [7, 11) is 4.20. The van der Waals surface area contributed by atoms with Gasteiger partial charge in [0.1, 0.15) is 0 Å². The molecule has 0 unspecified atom stereocenters. The fourth-order valence-corrected chi connectivity index (χ4v) is 4.36. The Kier molecular flexibility index (Phi) is 6.91. The molecule has 1 fully saturated rings. The summed E-state index contributed by atoms with van der Waals surface area (Å²) in [4.78, 5) is 24.4. The van der Waals surface area contributed by atoms with E-state index in [1.807, 2.05) is 48.7 Å². The second-order valence-corrected chi connectivity index (χ2v) is 9.76. The molecule has 2 heterocycles. The Hall–Kier alpha value is -3.51. The Labute approximate surface area is 207 Å². The molecule has 2 aromatic carbocycles. The molecular formula is C29H33N5O. The first-order valence-corrected chi connectivity index (χ1v) is 12.5. The summed E-state index contributed by atoms with van der Waals surface area (Å²) in [6.45, 7) is 1.91. The lowest BCUT2D eigenvalue weighted by molar-refractivity contribution is 0.0976. The third-order valence-electron chi connectivity index (χ3n) is 6.56. The van der Waals surface area contributed by atoms with Gasteiger partial charge in [-0.1, -0.05) is 54.6 Å². The number of nitrogens with zero attached hydrogens (tertiary/aromatic N) is 4. The van der Waals surface area contributed by atoms with Crippen molar-refractivity contribution in [3.8, 4) is 22.5 Å². The van der Waals surface area contributed by atoms with Gasteiger partial charge in [0.15, 0.2) is 17.2 Å². The molecule has 0 atom stereocenters. The number of rotatable bonds is 11. The van der Waals surface area contributed by atoms with Crippen molar-refractivity contribution < 1.29 is 4.79 Å². The van der Waals surface area contributed by atoms with Crippen molar-refractivity contribution in [2.45, 2.75) is 32.1 Å². The van der Waals surface area contributed by atoms with Crippen LogP contribution in [0.4, 0.5) is 5.82 Å². The highest BCUT2D eigenvalue weighted by atomic mass is 16.1. The van der Waals surface area contributed by atoms with Gasteiger partial charge in [0.05, 0.1) is 17.6 Å². The molecule has 35 heavy (non-hydrogen) atoms. The van der Waals surface area contributed by atoms with Gasteiger partial charge in [0.25, 0.3) is 0 Å². The minimum Gasteiger partial charge on any atom is -0.367 e. The zero-order chi connectivity index (χ0) is 24.2. The molecule has 1 aliphatic rings. The highest BCUT2D eigenvalue weighted by Gasteiger charge is 2.25. The number of imidazole rings is 1. The molecule has 1 N–H and O–H groups in total. The summed E-state index contributed by atoms with van der Waals surface area (Å²) < 4.78 is 2.11. The van der Waals surface area contributed by atoms with Crippen LogP contribution in [0.1, 0.15) is 42.5 Å². The molecule has 1 aliphatic carbocycles. The van der Waals surface area contributed by atoms with Crippen molar-refractivity contribution in [2.75, 3.05) is 32.5 Å². The fourth-order valence-electron chi connectivity index (χ4n) is 4.36. The number of benzene rings is 2. The molecule has 1 saturated carbocycles. The summed E-state index contributed by atoms with van der Waals surface area (Å²) in [5, 5.41) is 3.53. The number of carbonyl (C=O) groups is 1. The molecule has 0 spiro atoms. The van der Waals surface area contributed by atoms with Gasteiger partial charge >= 0.3 is 0 Å². The van der Waals surface area contributed by atoms with E-state index in [4.69, 9.17) is 9.97 Å². The molecule has 6 heteroatoms. The zero-order valence-electron chi connectivity index (χ0n) is 20.6. The maximum Gasteiger partial charge on any atom is 0.180 e. The van der Waals surface area contributed by atoms with Crippen LogP contribution in [0.15, 0.2) is 67.0 Å². The largest absolute Gasteiger partial charge is 0.367 e. The molecule has 0 bridgehead atoms. The number of fused-ring (bicyclic) bond motifs is 1. The Morgan fingerprint density at radius 3 is 2.51 bits per heavy atom. The molecule has 6 nitrogen and oxygen atoms in total. The normalized spacial score (nSPS) is 13.5. The minimum absolute atomic E-state index is 0.244. The summed E-state index contributed by atoms with van der Waals surface area (Å²) in [6, 6.07) is 18.2. The highest BCUT2D eigenvalue weighted by Crippen LogP contribution is 2.34. The molecule has 0 saturated heterocycles. The second kappa shape index (κ2) is 10.4. The van der Waals surface area contributed by atoms with Crippen molar-refractivity contribution in [3.05, 3.63) is 72.6 Å². The average Bonchev–Trinajstić information content (AvgIpc) is 3.59. The Morgan fingerprint density at radius 2 is 1.80 bits per heavy atom. The molecule has 180 valence electrons. The van der Waals surface area contributed by atoms with Crippen molar-refractivity contribution in [1.29, 1.82) is 0 Å². The number of anilines is 1. The first kappa shape index (κ1) is 23.2. The van der Waals surface area contributed by atoms with Gasteiger partial charge in [-0.3, -0.25) is 9.20 Å². The Morgan fingerprint density at radius 1 is 1.03 bits per heavy atom. The van der Waals surface area contributed by atoms with E-state index in [2.05, 4.69) is 47.0 Å². The van der Waals surface area contributed by atoms with Crippen LogP contribution >= 0.6 is 0 Å². The van der Waals surface area contributed by atoms with Crippen LogP contribution in [0, 0.1) is 5.92 Å².